The van der Waals surface area contributed by atoms with Gasteiger partial charge < -0.3 is 15.4 Å². The van der Waals surface area contributed by atoms with Gasteiger partial charge in [0.1, 0.15) is 5.75 Å². The van der Waals surface area contributed by atoms with Crippen LogP contribution in [0.3, 0.4) is 0 Å². The minimum atomic E-state index is -0.139. The van der Waals surface area contributed by atoms with Crippen LogP contribution in [-0.4, -0.2) is 31.6 Å². The summed E-state index contributed by atoms with van der Waals surface area (Å²) >= 11 is 0. The normalized spacial score (nSPS) is 23.4. The van der Waals surface area contributed by atoms with E-state index in [0.717, 1.165) is 19.5 Å². The highest BCUT2D eigenvalue weighted by Crippen LogP contribution is 2.16. The predicted molar refractivity (Wildman–Crippen MR) is 66.4 cm³/mol. The molecule has 1 heterocycles. The van der Waals surface area contributed by atoms with Crippen molar-refractivity contribution in [2.75, 3.05) is 20.2 Å². The van der Waals surface area contributed by atoms with Gasteiger partial charge in [0.05, 0.1) is 12.6 Å². The minimum Gasteiger partial charge on any atom is -0.497 e. The Bertz CT molecular complexity index is 412. The molecule has 1 fully saturated rings. The van der Waals surface area contributed by atoms with Gasteiger partial charge in [0, 0.05) is 12.1 Å². The molecular formula is C13H18N2O2. The Balaban J connectivity index is 2.08. The molecule has 4 nitrogen and oxygen atoms in total. The Kier molecular flexibility index (Phi) is 3.33. The van der Waals surface area contributed by atoms with Gasteiger partial charge in [0.25, 0.3) is 5.91 Å². The van der Waals surface area contributed by atoms with Gasteiger partial charge in [0.2, 0.25) is 0 Å². The fourth-order valence-electron chi connectivity index (χ4n) is 2.03. The second kappa shape index (κ2) is 4.75. The van der Waals surface area contributed by atoms with Gasteiger partial charge in [-0.1, -0.05) is 6.07 Å². The second-order valence-electron chi connectivity index (χ2n) is 4.67. The minimum absolute atomic E-state index is 0.0462. The third-order valence-corrected chi connectivity index (χ3v) is 3.12. The standard InChI is InChI=1S/C13H18N2O2/c1-13(6-7-14-9-13)15-12(16)10-4-3-5-11(8-10)17-2/h3-5,8,14H,6-7,9H2,1-2H3,(H,15,16). The maximum atomic E-state index is 12.1. The highest BCUT2D eigenvalue weighted by Gasteiger charge is 2.30. The molecule has 0 aliphatic carbocycles. The van der Waals surface area contributed by atoms with E-state index in [0.29, 0.717) is 11.3 Å². The molecular weight excluding hydrogens is 216 g/mol. The van der Waals surface area contributed by atoms with Gasteiger partial charge in [-0.25, -0.2) is 0 Å². The van der Waals surface area contributed by atoms with Crippen molar-refractivity contribution in [3.8, 4) is 5.75 Å². The number of amides is 1. The summed E-state index contributed by atoms with van der Waals surface area (Å²) in [6.45, 7) is 3.84. The summed E-state index contributed by atoms with van der Waals surface area (Å²) in [6.07, 6.45) is 0.961. The number of benzene rings is 1. The van der Waals surface area contributed by atoms with E-state index >= 15 is 0 Å². The van der Waals surface area contributed by atoms with E-state index in [1.165, 1.54) is 0 Å². The number of carbonyl (C=O) groups excluding carboxylic acids is 1. The van der Waals surface area contributed by atoms with Crippen LogP contribution < -0.4 is 15.4 Å². The number of rotatable bonds is 3. The molecule has 1 unspecified atom stereocenters. The Morgan fingerprint density at radius 3 is 3.00 bits per heavy atom. The highest BCUT2D eigenvalue weighted by molar-refractivity contribution is 5.95. The van der Waals surface area contributed by atoms with Crippen molar-refractivity contribution in [3.05, 3.63) is 29.8 Å². The van der Waals surface area contributed by atoms with Crippen molar-refractivity contribution in [1.29, 1.82) is 0 Å². The smallest absolute Gasteiger partial charge is 0.251 e. The largest absolute Gasteiger partial charge is 0.497 e. The SMILES string of the molecule is COc1cccc(C(=O)NC2(C)CCNC2)c1. The summed E-state index contributed by atoms with van der Waals surface area (Å²) in [6, 6.07) is 7.20. The Hall–Kier alpha value is -1.55. The van der Waals surface area contributed by atoms with E-state index in [4.69, 9.17) is 4.74 Å². The van der Waals surface area contributed by atoms with Crippen LogP contribution in [-0.2, 0) is 0 Å². The summed E-state index contributed by atoms with van der Waals surface area (Å²) in [5.41, 5.74) is 0.498. The van der Waals surface area contributed by atoms with Crippen LogP contribution in [0.4, 0.5) is 0 Å². The van der Waals surface area contributed by atoms with Gasteiger partial charge in [-0.2, -0.15) is 0 Å². The third-order valence-electron chi connectivity index (χ3n) is 3.12. The van der Waals surface area contributed by atoms with Gasteiger partial charge in [-0.3, -0.25) is 4.79 Å². The maximum absolute atomic E-state index is 12.1. The monoisotopic (exact) mass is 234 g/mol. The molecule has 0 spiro atoms. The lowest BCUT2D eigenvalue weighted by atomic mass is 10.0. The summed E-state index contributed by atoms with van der Waals surface area (Å²) in [5, 5.41) is 6.32. The van der Waals surface area contributed by atoms with Crippen LogP contribution in [0.25, 0.3) is 0 Å². The first-order valence-electron chi connectivity index (χ1n) is 5.80. The molecule has 0 radical (unpaired) electrons. The van der Waals surface area contributed by atoms with Crippen LogP contribution in [0.1, 0.15) is 23.7 Å². The van der Waals surface area contributed by atoms with E-state index in [2.05, 4.69) is 17.6 Å². The number of ether oxygens (including phenoxy) is 1. The molecule has 2 N–H and O–H groups in total. The molecule has 0 bridgehead atoms. The van der Waals surface area contributed by atoms with Crippen molar-refractivity contribution >= 4 is 5.91 Å². The molecule has 1 saturated heterocycles. The van der Waals surface area contributed by atoms with E-state index in [9.17, 15) is 4.79 Å². The quantitative estimate of drug-likeness (QED) is 0.825. The average molecular weight is 234 g/mol. The molecule has 1 aliphatic heterocycles. The van der Waals surface area contributed by atoms with Crippen LogP contribution in [0, 0.1) is 0 Å². The number of carbonyl (C=O) groups is 1. The molecule has 1 aliphatic rings. The molecule has 4 heteroatoms. The van der Waals surface area contributed by atoms with Crippen molar-refractivity contribution in [2.45, 2.75) is 18.9 Å². The molecule has 1 aromatic rings. The van der Waals surface area contributed by atoms with Crippen molar-refractivity contribution in [1.82, 2.24) is 10.6 Å². The Morgan fingerprint density at radius 1 is 1.53 bits per heavy atom. The topological polar surface area (TPSA) is 50.4 Å². The first-order chi connectivity index (χ1) is 8.13. The lowest BCUT2D eigenvalue weighted by Crippen LogP contribution is -2.47. The lowest BCUT2D eigenvalue weighted by molar-refractivity contribution is 0.0912. The summed E-state index contributed by atoms with van der Waals surface area (Å²) in [7, 11) is 1.60. The zero-order valence-corrected chi connectivity index (χ0v) is 10.2. The van der Waals surface area contributed by atoms with Crippen molar-refractivity contribution < 1.29 is 9.53 Å². The third kappa shape index (κ3) is 2.77. The molecule has 1 aromatic carbocycles. The van der Waals surface area contributed by atoms with Gasteiger partial charge in [-0.15, -0.1) is 0 Å². The molecule has 0 aromatic heterocycles. The van der Waals surface area contributed by atoms with Gasteiger partial charge >= 0.3 is 0 Å². The molecule has 1 amide bonds. The number of hydrogen-bond donors (Lipinski definition) is 2. The van der Waals surface area contributed by atoms with Crippen LogP contribution in [0.15, 0.2) is 24.3 Å². The molecule has 1 atom stereocenters. The van der Waals surface area contributed by atoms with Crippen LogP contribution >= 0.6 is 0 Å². The molecule has 17 heavy (non-hydrogen) atoms. The number of hydrogen-bond acceptors (Lipinski definition) is 3. The maximum Gasteiger partial charge on any atom is 0.251 e. The van der Waals surface area contributed by atoms with E-state index < -0.39 is 0 Å². The molecule has 2 rings (SSSR count). The fraction of sp³-hybridized carbons (Fsp3) is 0.462. The molecule has 92 valence electrons. The fourth-order valence-corrected chi connectivity index (χ4v) is 2.03. The average Bonchev–Trinajstić information content (AvgIpc) is 2.76. The van der Waals surface area contributed by atoms with Gasteiger partial charge in [0.15, 0.2) is 0 Å². The Labute approximate surface area is 101 Å². The Morgan fingerprint density at radius 2 is 2.35 bits per heavy atom. The zero-order valence-electron chi connectivity index (χ0n) is 10.2. The van der Waals surface area contributed by atoms with Crippen LogP contribution in [0.2, 0.25) is 0 Å². The highest BCUT2D eigenvalue weighted by atomic mass is 16.5. The number of methoxy groups -OCH3 is 1. The first kappa shape index (κ1) is 11.9. The summed E-state index contributed by atoms with van der Waals surface area (Å²) < 4.78 is 5.11. The summed E-state index contributed by atoms with van der Waals surface area (Å²) in [4.78, 5) is 12.1. The first-order valence-corrected chi connectivity index (χ1v) is 5.80. The van der Waals surface area contributed by atoms with Crippen molar-refractivity contribution in [2.24, 2.45) is 0 Å². The predicted octanol–water partition coefficient (Wildman–Crippen LogP) is 1.18. The van der Waals surface area contributed by atoms with E-state index in [1.807, 2.05) is 12.1 Å². The zero-order chi connectivity index (χ0) is 12.3. The number of nitrogens with one attached hydrogen (secondary N) is 2. The van der Waals surface area contributed by atoms with E-state index in [1.54, 1.807) is 19.2 Å². The van der Waals surface area contributed by atoms with E-state index in [-0.39, 0.29) is 11.4 Å². The van der Waals surface area contributed by atoms with Crippen molar-refractivity contribution in [3.63, 3.8) is 0 Å². The second-order valence-corrected chi connectivity index (χ2v) is 4.67. The summed E-state index contributed by atoms with van der Waals surface area (Å²) in [5.74, 6) is 0.655. The van der Waals surface area contributed by atoms with Gasteiger partial charge in [-0.05, 0) is 38.1 Å². The van der Waals surface area contributed by atoms with Crippen LogP contribution in [0.5, 0.6) is 5.75 Å². The lowest BCUT2D eigenvalue weighted by Gasteiger charge is -2.24. The molecule has 0 saturated carbocycles.